The molecule has 1 saturated heterocycles. The number of urea groups is 1. The summed E-state index contributed by atoms with van der Waals surface area (Å²) < 4.78 is 5.42. The molecule has 0 saturated carbocycles. The Morgan fingerprint density at radius 3 is 2.48 bits per heavy atom. The number of nitrogens with one attached hydrogen (secondary N) is 2. The van der Waals surface area contributed by atoms with E-state index in [0.29, 0.717) is 16.3 Å². The quantitative estimate of drug-likeness (QED) is 0.503. The Morgan fingerprint density at radius 2 is 1.86 bits per heavy atom. The van der Waals surface area contributed by atoms with E-state index in [2.05, 4.69) is 6.58 Å². The summed E-state index contributed by atoms with van der Waals surface area (Å²) in [7, 11) is 0. The molecule has 0 aliphatic carbocycles. The molecule has 0 unspecified atom stereocenters. The summed E-state index contributed by atoms with van der Waals surface area (Å²) in [6, 6.07) is 3.93. The molecule has 1 heterocycles. The smallest absolute Gasteiger partial charge is 0.328 e. The van der Waals surface area contributed by atoms with Crippen molar-refractivity contribution in [3.8, 4) is 5.75 Å². The van der Waals surface area contributed by atoms with Gasteiger partial charge < -0.3 is 4.74 Å². The van der Waals surface area contributed by atoms with E-state index in [0.717, 1.165) is 0 Å². The third-order valence-corrected chi connectivity index (χ3v) is 2.81. The normalized spacial score (nSPS) is 14.3. The summed E-state index contributed by atoms with van der Waals surface area (Å²) in [5, 5.41) is 4.40. The van der Waals surface area contributed by atoms with Crippen molar-refractivity contribution in [1.82, 2.24) is 10.6 Å². The van der Waals surface area contributed by atoms with Gasteiger partial charge in [0.2, 0.25) is 0 Å². The number of imide groups is 2. The molecule has 6 nitrogen and oxygen atoms in total. The fraction of sp³-hybridized carbons (Fsp3) is 0.0714. The SMILES string of the molecule is C=CCOc1ccc(Cl)cc1C=C1C(=O)NC(=O)NC1=O. The predicted molar refractivity (Wildman–Crippen MR) is 76.8 cm³/mol. The lowest BCUT2D eigenvalue weighted by molar-refractivity contribution is -0.123. The summed E-state index contributed by atoms with van der Waals surface area (Å²) in [6.07, 6.45) is 2.87. The van der Waals surface area contributed by atoms with E-state index in [1.54, 1.807) is 24.3 Å². The molecular formula is C14H11ClN2O4. The number of rotatable bonds is 4. The van der Waals surface area contributed by atoms with Gasteiger partial charge in [0.15, 0.2) is 0 Å². The zero-order valence-electron chi connectivity index (χ0n) is 10.8. The fourth-order valence-electron chi connectivity index (χ4n) is 1.67. The van der Waals surface area contributed by atoms with Crippen molar-refractivity contribution >= 4 is 35.5 Å². The molecule has 2 N–H and O–H groups in total. The second kappa shape index (κ2) is 6.23. The average Bonchev–Trinajstić information content (AvgIpc) is 2.42. The van der Waals surface area contributed by atoms with Gasteiger partial charge in [-0.3, -0.25) is 20.2 Å². The number of benzene rings is 1. The van der Waals surface area contributed by atoms with Gasteiger partial charge in [-0.05, 0) is 24.3 Å². The Morgan fingerprint density at radius 1 is 1.19 bits per heavy atom. The third kappa shape index (κ3) is 3.49. The van der Waals surface area contributed by atoms with E-state index in [4.69, 9.17) is 16.3 Å². The summed E-state index contributed by atoms with van der Waals surface area (Å²) in [6.45, 7) is 3.80. The van der Waals surface area contributed by atoms with Crippen LogP contribution in [0.15, 0.2) is 36.4 Å². The first-order chi connectivity index (χ1) is 10.0. The predicted octanol–water partition coefficient (Wildman–Crippen LogP) is 1.65. The highest BCUT2D eigenvalue weighted by Crippen LogP contribution is 2.25. The molecule has 0 atom stereocenters. The standard InChI is InChI=1S/C14H11ClN2O4/c1-2-5-21-11-4-3-9(15)6-8(11)7-10-12(18)16-14(20)17-13(10)19/h2-4,6-7H,1,5H2,(H2,16,17,18,19,20). The lowest BCUT2D eigenvalue weighted by atomic mass is 10.1. The van der Waals surface area contributed by atoms with Crippen LogP contribution < -0.4 is 15.4 Å². The number of carbonyl (C=O) groups is 3. The number of ether oxygens (including phenoxy) is 1. The van der Waals surface area contributed by atoms with Crippen LogP contribution in [0.4, 0.5) is 4.79 Å². The van der Waals surface area contributed by atoms with Gasteiger partial charge in [-0.2, -0.15) is 0 Å². The molecule has 21 heavy (non-hydrogen) atoms. The Bertz CT molecular complexity index is 645. The average molecular weight is 307 g/mol. The highest BCUT2D eigenvalue weighted by Gasteiger charge is 2.28. The van der Waals surface area contributed by atoms with E-state index < -0.39 is 17.8 Å². The van der Waals surface area contributed by atoms with Crippen LogP contribution in [-0.4, -0.2) is 24.5 Å². The van der Waals surface area contributed by atoms with Crippen LogP contribution in [-0.2, 0) is 9.59 Å². The van der Waals surface area contributed by atoms with Crippen molar-refractivity contribution < 1.29 is 19.1 Å². The van der Waals surface area contributed by atoms with Crippen LogP contribution in [0.1, 0.15) is 5.56 Å². The van der Waals surface area contributed by atoms with Crippen molar-refractivity contribution in [2.45, 2.75) is 0 Å². The van der Waals surface area contributed by atoms with E-state index >= 15 is 0 Å². The molecule has 1 aliphatic heterocycles. The van der Waals surface area contributed by atoms with Crippen LogP contribution in [0.2, 0.25) is 5.02 Å². The minimum absolute atomic E-state index is 0.208. The van der Waals surface area contributed by atoms with Crippen LogP contribution in [0.5, 0.6) is 5.75 Å². The molecule has 108 valence electrons. The molecular weight excluding hydrogens is 296 g/mol. The van der Waals surface area contributed by atoms with Gasteiger partial charge in [0.05, 0.1) is 0 Å². The highest BCUT2D eigenvalue weighted by molar-refractivity contribution is 6.32. The number of amides is 4. The molecule has 2 rings (SSSR count). The summed E-state index contributed by atoms with van der Waals surface area (Å²) in [4.78, 5) is 34.4. The molecule has 0 bridgehead atoms. The summed E-state index contributed by atoms with van der Waals surface area (Å²) >= 11 is 5.90. The number of halogens is 1. The Labute approximate surface area is 125 Å². The van der Waals surface area contributed by atoms with Gasteiger partial charge in [0.1, 0.15) is 17.9 Å². The van der Waals surface area contributed by atoms with E-state index in [1.165, 1.54) is 6.08 Å². The maximum absolute atomic E-state index is 11.7. The van der Waals surface area contributed by atoms with Gasteiger partial charge >= 0.3 is 6.03 Å². The molecule has 7 heteroatoms. The number of carbonyl (C=O) groups excluding carboxylic acids is 3. The van der Waals surface area contributed by atoms with Crippen molar-refractivity contribution in [1.29, 1.82) is 0 Å². The van der Waals surface area contributed by atoms with Crippen molar-refractivity contribution in [2.75, 3.05) is 6.61 Å². The van der Waals surface area contributed by atoms with Crippen molar-refractivity contribution in [3.63, 3.8) is 0 Å². The molecule has 0 aromatic heterocycles. The number of barbiturate groups is 1. The number of hydrogen-bond acceptors (Lipinski definition) is 4. The van der Waals surface area contributed by atoms with E-state index in [9.17, 15) is 14.4 Å². The Kier molecular flexibility index (Phi) is 4.39. The van der Waals surface area contributed by atoms with Crippen molar-refractivity contribution in [2.24, 2.45) is 0 Å². The first kappa shape index (κ1) is 14.8. The summed E-state index contributed by atoms with van der Waals surface area (Å²) in [5.41, 5.74) is 0.235. The van der Waals surface area contributed by atoms with Gasteiger partial charge in [0.25, 0.3) is 11.8 Å². The monoisotopic (exact) mass is 306 g/mol. The van der Waals surface area contributed by atoms with Gasteiger partial charge in [-0.25, -0.2) is 4.79 Å². The zero-order valence-corrected chi connectivity index (χ0v) is 11.6. The molecule has 4 amide bonds. The topological polar surface area (TPSA) is 84.5 Å². The maximum atomic E-state index is 11.7. The highest BCUT2D eigenvalue weighted by atomic mass is 35.5. The first-order valence-electron chi connectivity index (χ1n) is 5.93. The second-order valence-corrected chi connectivity index (χ2v) is 4.51. The van der Waals surface area contributed by atoms with E-state index in [1.807, 2.05) is 10.6 Å². The molecule has 1 aromatic rings. The van der Waals surface area contributed by atoms with Gasteiger partial charge in [-0.15, -0.1) is 0 Å². The largest absolute Gasteiger partial charge is 0.489 e. The zero-order chi connectivity index (χ0) is 15.4. The molecule has 0 radical (unpaired) electrons. The van der Waals surface area contributed by atoms with Crippen molar-refractivity contribution in [3.05, 3.63) is 47.0 Å². The van der Waals surface area contributed by atoms with E-state index in [-0.39, 0.29) is 12.2 Å². The summed E-state index contributed by atoms with van der Waals surface area (Å²) in [5.74, 6) is -1.12. The molecule has 1 fully saturated rings. The second-order valence-electron chi connectivity index (χ2n) is 4.08. The Hall–Kier alpha value is -2.60. The van der Waals surface area contributed by atoms with Crippen LogP contribution in [0.25, 0.3) is 6.08 Å². The lowest BCUT2D eigenvalue weighted by Crippen LogP contribution is -2.51. The first-order valence-corrected chi connectivity index (χ1v) is 6.30. The van der Waals surface area contributed by atoms with Crippen LogP contribution >= 0.6 is 11.6 Å². The third-order valence-electron chi connectivity index (χ3n) is 2.57. The molecule has 1 aromatic carbocycles. The number of hydrogen-bond donors (Lipinski definition) is 2. The molecule has 0 spiro atoms. The maximum Gasteiger partial charge on any atom is 0.328 e. The minimum atomic E-state index is -0.851. The van der Waals surface area contributed by atoms with Crippen LogP contribution in [0.3, 0.4) is 0 Å². The minimum Gasteiger partial charge on any atom is -0.489 e. The Balaban J connectivity index is 2.40. The van der Waals surface area contributed by atoms with Crippen LogP contribution in [0, 0.1) is 0 Å². The fourth-order valence-corrected chi connectivity index (χ4v) is 1.85. The van der Waals surface area contributed by atoms with Gasteiger partial charge in [-0.1, -0.05) is 24.3 Å². The lowest BCUT2D eigenvalue weighted by Gasteiger charge is -2.15. The molecule has 1 aliphatic rings. The van der Waals surface area contributed by atoms with Gasteiger partial charge in [0, 0.05) is 10.6 Å².